The molecule has 1 aliphatic rings. The van der Waals surface area contributed by atoms with Crippen LogP contribution in [0.5, 0.6) is 0 Å². The normalized spacial score (nSPS) is 20.7. The molecule has 1 saturated heterocycles. The van der Waals surface area contributed by atoms with Crippen LogP contribution in [0.2, 0.25) is 0 Å². The van der Waals surface area contributed by atoms with Crippen molar-refractivity contribution in [2.45, 2.75) is 32.1 Å². The Labute approximate surface area is 120 Å². The molecule has 0 spiro atoms. The van der Waals surface area contributed by atoms with Gasteiger partial charge in [-0.2, -0.15) is 13.2 Å². The third kappa shape index (κ3) is 3.85. The number of aromatic nitrogens is 1. The first kappa shape index (κ1) is 16.0. The fourth-order valence-electron chi connectivity index (χ4n) is 2.67. The summed E-state index contributed by atoms with van der Waals surface area (Å²) in [6.07, 6.45) is -3.75. The Morgan fingerprint density at radius 3 is 2.81 bits per heavy atom. The van der Waals surface area contributed by atoms with E-state index in [-0.39, 0.29) is 18.5 Å². The van der Waals surface area contributed by atoms with Crippen molar-refractivity contribution >= 4 is 0 Å². The van der Waals surface area contributed by atoms with Crippen molar-refractivity contribution in [3.8, 4) is 0 Å². The van der Waals surface area contributed by atoms with E-state index in [1.165, 1.54) is 0 Å². The minimum Gasteiger partial charge on any atom is -0.381 e. The molecule has 0 aliphatic carbocycles. The maximum absolute atomic E-state index is 13.0. The van der Waals surface area contributed by atoms with Gasteiger partial charge in [-0.15, -0.1) is 0 Å². The number of ether oxygens (including phenoxy) is 1. The van der Waals surface area contributed by atoms with Gasteiger partial charge in [0, 0.05) is 31.2 Å². The lowest BCUT2D eigenvalue weighted by Gasteiger charge is -2.26. The molecule has 2 atom stereocenters. The maximum atomic E-state index is 13.0. The van der Waals surface area contributed by atoms with Crippen LogP contribution < -0.4 is 10.9 Å². The van der Waals surface area contributed by atoms with E-state index in [0.717, 1.165) is 29.2 Å². The first-order valence-corrected chi connectivity index (χ1v) is 7.01. The van der Waals surface area contributed by atoms with Crippen LogP contribution in [0, 0.1) is 5.92 Å². The molecule has 1 fully saturated rings. The highest BCUT2D eigenvalue weighted by molar-refractivity contribution is 5.10. The minimum atomic E-state index is -4.54. The van der Waals surface area contributed by atoms with Gasteiger partial charge in [0.2, 0.25) is 0 Å². The SMILES string of the molecule is CCNC(Cn1c(C(F)(F)F)cccc1=O)C1CCOC1. The molecule has 1 aromatic heterocycles. The molecule has 1 aliphatic heterocycles. The third-order valence-electron chi connectivity index (χ3n) is 3.72. The van der Waals surface area contributed by atoms with Crippen LogP contribution in [-0.2, 0) is 17.5 Å². The molecule has 118 valence electrons. The van der Waals surface area contributed by atoms with E-state index < -0.39 is 17.4 Å². The largest absolute Gasteiger partial charge is 0.431 e. The van der Waals surface area contributed by atoms with Gasteiger partial charge in [0.25, 0.3) is 5.56 Å². The Hall–Kier alpha value is -1.34. The van der Waals surface area contributed by atoms with Crippen molar-refractivity contribution in [2.75, 3.05) is 19.8 Å². The quantitative estimate of drug-likeness (QED) is 0.903. The van der Waals surface area contributed by atoms with E-state index in [2.05, 4.69) is 5.32 Å². The maximum Gasteiger partial charge on any atom is 0.431 e. The summed E-state index contributed by atoms with van der Waals surface area (Å²) >= 11 is 0. The second kappa shape index (κ2) is 6.62. The summed E-state index contributed by atoms with van der Waals surface area (Å²) in [6, 6.07) is 3.03. The lowest BCUT2D eigenvalue weighted by Crippen LogP contribution is -2.43. The van der Waals surface area contributed by atoms with E-state index in [0.29, 0.717) is 19.8 Å². The summed E-state index contributed by atoms with van der Waals surface area (Å²) in [6.45, 7) is 3.64. The smallest absolute Gasteiger partial charge is 0.381 e. The molecular formula is C14H19F3N2O2. The summed E-state index contributed by atoms with van der Waals surface area (Å²) in [5, 5.41) is 3.17. The number of likely N-dealkylation sites (N-methyl/N-ethyl adjacent to an activating group) is 1. The fraction of sp³-hybridized carbons (Fsp3) is 0.643. The van der Waals surface area contributed by atoms with Crippen molar-refractivity contribution in [1.82, 2.24) is 9.88 Å². The third-order valence-corrected chi connectivity index (χ3v) is 3.72. The molecule has 4 nitrogen and oxygen atoms in total. The summed E-state index contributed by atoms with van der Waals surface area (Å²) < 4.78 is 45.2. The zero-order chi connectivity index (χ0) is 15.5. The molecule has 2 unspecified atom stereocenters. The Morgan fingerprint density at radius 2 is 2.24 bits per heavy atom. The highest BCUT2D eigenvalue weighted by atomic mass is 19.4. The summed E-state index contributed by atoms with van der Waals surface area (Å²) in [5.74, 6) is 0.123. The molecule has 2 rings (SSSR count). The molecule has 21 heavy (non-hydrogen) atoms. The Kier molecular flexibility index (Phi) is 5.05. The fourth-order valence-corrected chi connectivity index (χ4v) is 2.67. The average molecular weight is 304 g/mol. The molecule has 0 saturated carbocycles. The topological polar surface area (TPSA) is 43.3 Å². The predicted octanol–water partition coefficient (Wildman–Crippen LogP) is 1.88. The van der Waals surface area contributed by atoms with E-state index >= 15 is 0 Å². The Bertz CT molecular complexity index is 522. The highest BCUT2D eigenvalue weighted by Crippen LogP contribution is 2.29. The molecular weight excluding hydrogens is 285 g/mol. The van der Waals surface area contributed by atoms with Crippen molar-refractivity contribution in [3.05, 3.63) is 34.2 Å². The second-order valence-corrected chi connectivity index (χ2v) is 5.15. The number of halogens is 3. The van der Waals surface area contributed by atoms with Crippen LogP contribution in [0.15, 0.2) is 23.0 Å². The summed E-state index contributed by atoms with van der Waals surface area (Å²) in [7, 11) is 0. The van der Waals surface area contributed by atoms with Crippen LogP contribution in [-0.4, -0.2) is 30.4 Å². The van der Waals surface area contributed by atoms with Gasteiger partial charge in [-0.05, 0) is 19.0 Å². The zero-order valence-corrected chi connectivity index (χ0v) is 11.8. The first-order valence-electron chi connectivity index (χ1n) is 7.01. The predicted molar refractivity (Wildman–Crippen MR) is 72.1 cm³/mol. The number of nitrogens with zero attached hydrogens (tertiary/aromatic N) is 1. The number of hydrogen-bond acceptors (Lipinski definition) is 3. The van der Waals surface area contributed by atoms with Crippen molar-refractivity contribution in [3.63, 3.8) is 0 Å². The van der Waals surface area contributed by atoms with E-state index in [4.69, 9.17) is 4.74 Å². The minimum absolute atomic E-state index is 0.00359. The average Bonchev–Trinajstić information content (AvgIpc) is 2.92. The van der Waals surface area contributed by atoms with E-state index in [1.54, 1.807) is 0 Å². The lowest BCUT2D eigenvalue weighted by molar-refractivity contribution is -0.144. The van der Waals surface area contributed by atoms with Crippen LogP contribution in [0.25, 0.3) is 0 Å². The second-order valence-electron chi connectivity index (χ2n) is 5.15. The van der Waals surface area contributed by atoms with Gasteiger partial charge in [-0.1, -0.05) is 13.0 Å². The van der Waals surface area contributed by atoms with Crippen LogP contribution in [0.1, 0.15) is 19.0 Å². The summed E-state index contributed by atoms with van der Waals surface area (Å²) in [4.78, 5) is 11.8. The standard InChI is InChI=1S/C14H19F3N2O2/c1-2-18-11(10-6-7-21-9-10)8-19-12(14(15,16)17)4-3-5-13(19)20/h3-5,10-11,18H,2,6-9H2,1H3. The number of rotatable bonds is 5. The van der Waals surface area contributed by atoms with Gasteiger partial charge in [-0.25, -0.2) is 0 Å². The van der Waals surface area contributed by atoms with Gasteiger partial charge in [0.1, 0.15) is 5.69 Å². The number of nitrogens with one attached hydrogen (secondary N) is 1. The van der Waals surface area contributed by atoms with Gasteiger partial charge in [-0.3, -0.25) is 4.79 Å². The van der Waals surface area contributed by atoms with E-state index in [9.17, 15) is 18.0 Å². The number of alkyl halides is 3. The Morgan fingerprint density at radius 1 is 1.48 bits per heavy atom. The van der Waals surface area contributed by atoms with Gasteiger partial charge < -0.3 is 14.6 Å². The highest BCUT2D eigenvalue weighted by Gasteiger charge is 2.35. The molecule has 2 heterocycles. The number of hydrogen-bond donors (Lipinski definition) is 1. The van der Waals surface area contributed by atoms with Gasteiger partial charge in [0.15, 0.2) is 0 Å². The molecule has 0 aromatic carbocycles. The van der Waals surface area contributed by atoms with E-state index in [1.807, 2.05) is 6.92 Å². The number of pyridine rings is 1. The Balaban J connectivity index is 2.29. The molecule has 0 amide bonds. The first-order chi connectivity index (χ1) is 9.93. The van der Waals surface area contributed by atoms with Crippen LogP contribution in [0.4, 0.5) is 13.2 Å². The van der Waals surface area contributed by atoms with Crippen molar-refractivity contribution < 1.29 is 17.9 Å². The zero-order valence-electron chi connectivity index (χ0n) is 11.8. The molecule has 7 heteroatoms. The summed E-state index contributed by atoms with van der Waals surface area (Å²) in [5.41, 5.74) is -1.54. The molecule has 0 bridgehead atoms. The van der Waals surface area contributed by atoms with Gasteiger partial charge >= 0.3 is 6.18 Å². The van der Waals surface area contributed by atoms with Crippen LogP contribution in [0.3, 0.4) is 0 Å². The molecule has 1 N–H and O–H groups in total. The van der Waals surface area contributed by atoms with Crippen LogP contribution >= 0.6 is 0 Å². The van der Waals surface area contributed by atoms with Gasteiger partial charge in [0.05, 0.1) is 6.61 Å². The molecule has 0 radical (unpaired) electrons. The lowest BCUT2D eigenvalue weighted by atomic mass is 9.98. The van der Waals surface area contributed by atoms with Crippen molar-refractivity contribution in [2.24, 2.45) is 5.92 Å². The monoisotopic (exact) mass is 304 g/mol. The molecule has 1 aromatic rings. The van der Waals surface area contributed by atoms with Crippen molar-refractivity contribution in [1.29, 1.82) is 0 Å².